The molecule has 1 aromatic heterocycles. The van der Waals surface area contributed by atoms with Crippen LogP contribution < -0.4 is 0 Å². The first-order chi connectivity index (χ1) is 5.02. The average Bonchev–Trinajstić information content (AvgIpc) is 2.34. The van der Waals surface area contributed by atoms with Gasteiger partial charge >= 0.3 is 0 Å². The van der Waals surface area contributed by atoms with Gasteiger partial charge in [-0.1, -0.05) is 20.8 Å². The Labute approximate surface area is 68.2 Å². The van der Waals surface area contributed by atoms with Gasteiger partial charge < -0.3 is 0 Å². The van der Waals surface area contributed by atoms with Gasteiger partial charge in [-0.2, -0.15) is 5.10 Å². The van der Waals surface area contributed by atoms with Crippen LogP contribution in [0.15, 0.2) is 18.5 Å². The van der Waals surface area contributed by atoms with Crippen LogP contribution >= 0.6 is 0 Å². The summed E-state index contributed by atoms with van der Waals surface area (Å²) >= 11 is 0. The first-order valence-electron chi connectivity index (χ1n) is 4.01. The van der Waals surface area contributed by atoms with Crippen LogP contribution in [0.1, 0.15) is 33.7 Å². The third-order valence-corrected chi connectivity index (χ3v) is 2.18. The SMILES string of the molecule is C[C@@H](n1cccn1)C(C)(C)C. The van der Waals surface area contributed by atoms with Gasteiger partial charge in [0.1, 0.15) is 0 Å². The van der Waals surface area contributed by atoms with Crippen molar-refractivity contribution in [1.29, 1.82) is 0 Å². The zero-order chi connectivity index (χ0) is 8.48. The Hall–Kier alpha value is -0.790. The number of nitrogens with zero attached hydrogens (tertiary/aromatic N) is 2. The smallest absolute Gasteiger partial charge is 0.0539 e. The molecule has 2 nitrogen and oxygen atoms in total. The Kier molecular flexibility index (Phi) is 2.03. The fourth-order valence-corrected chi connectivity index (χ4v) is 0.907. The van der Waals surface area contributed by atoms with Crippen LogP contribution in [0, 0.1) is 5.41 Å². The molecule has 0 saturated heterocycles. The summed E-state index contributed by atoms with van der Waals surface area (Å²) in [5.41, 5.74) is 0.284. The molecule has 0 fully saturated rings. The van der Waals surface area contributed by atoms with Gasteiger partial charge in [-0.3, -0.25) is 4.68 Å². The Morgan fingerprint density at radius 2 is 2.00 bits per heavy atom. The molecule has 1 atom stereocenters. The van der Waals surface area contributed by atoms with Gasteiger partial charge in [-0.15, -0.1) is 0 Å². The molecule has 0 unspecified atom stereocenters. The summed E-state index contributed by atoms with van der Waals surface area (Å²) in [5, 5.41) is 4.20. The highest BCUT2D eigenvalue weighted by molar-refractivity contribution is 4.84. The second-order valence-electron chi connectivity index (χ2n) is 4.03. The van der Waals surface area contributed by atoms with Crippen LogP contribution in [0.5, 0.6) is 0 Å². The van der Waals surface area contributed by atoms with Crippen LogP contribution in [0.4, 0.5) is 0 Å². The van der Waals surface area contributed by atoms with Gasteiger partial charge in [0.05, 0.1) is 6.04 Å². The standard InChI is InChI=1S/C9H16N2/c1-8(9(2,3)4)11-7-5-6-10-11/h5-8H,1-4H3/t8-/m1/s1. The van der Waals surface area contributed by atoms with Gasteiger partial charge in [0.15, 0.2) is 0 Å². The molecule has 11 heavy (non-hydrogen) atoms. The van der Waals surface area contributed by atoms with E-state index < -0.39 is 0 Å². The Bertz CT molecular complexity index is 206. The molecular formula is C9H16N2. The van der Waals surface area contributed by atoms with Crippen LogP contribution in [-0.2, 0) is 0 Å². The molecule has 0 radical (unpaired) electrons. The molecule has 2 heteroatoms. The normalized spacial score (nSPS) is 14.9. The second-order valence-corrected chi connectivity index (χ2v) is 4.03. The maximum absolute atomic E-state index is 4.20. The van der Waals surface area contributed by atoms with Crippen molar-refractivity contribution in [2.24, 2.45) is 5.41 Å². The lowest BCUT2D eigenvalue weighted by atomic mass is 9.88. The minimum absolute atomic E-state index is 0.284. The molecule has 0 amide bonds. The van der Waals surface area contributed by atoms with E-state index in [1.807, 2.05) is 23.1 Å². The van der Waals surface area contributed by atoms with Crippen molar-refractivity contribution in [3.05, 3.63) is 18.5 Å². The zero-order valence-electron chi connectivity index (χ0n) is 7.70. The molecule has 1 aromatic rings. The monoisotopic (exact) mass is 152 g/mol. The molecule has 0 saturated carbocycles. The van der Waals surface area contributed by atoms with Crippen LogP contribution in [0.25, 0.3) is 0 Å². The lowest BCUT2D eigenvalue weighted by molar-refractivity contribution is 0.244. The van der Waals surface area contributed by atoms with Gasteiger partial charge in [-0.05, 0) is 18.4 Å². The van der Waals surface area contributed by atoms with Crippen molar-refractivity contribution in [2.45, 2.75) is 33.7 Å². The molecule has 0 aliphatic carbocycles. The highest BCUT2D eigenvalue weighted by Crippen LogP contribution is 2.28. The van der Waals surface area contributed by atoms with Crippen molar-refractivity contribution in [1.82, 2.24) is 9.78 Å². The minimum atomic E-state index is 0.284. The zero-order valence-corrected chi connectivity index (χ0v) is 7.70. The summed E-state index contributed by atoms with van der Waals surface area (Å²) in [6.45, 7) is 8.85. The van der Waals surface area contributed by atoms with E-state index in [9.17, 15) is 0 Å². The summed E-state index contributed by atoms with van der Waals surface area (Å²) in [5.74, 6) is 0. The van der Waals surface area contributed by atoms with Crippen LogP contribution in [0.3, 0.4) is 0 Å². The van der Waals surface area contributed by atoms with E-state index in [-0.39, 0.29) is 5.41 Å². The Morgan fingerprint density at radius 1 is 1.36 bits per heavy atom. The topological polar surface area (TPSA) is 17.8 Å². The highest BCUT2D eigenvalue weighted by atomic mass is 15.3. The third kappa shape index (κ3) is 1.82. The van der Waals surface area contributed by atoms with Gasteiger partial charge in [0.25, 0.3) is 0 Å². The first-order valence-corrected chi connectivity index (χ1v) is 4.01. The van der Waals surface area contributed by atoms with E-state index in [2.05, 4.69) is 32.8 Å². The first kappa shape index (κ1) is 8.31. The number of hydrogen-bond acceptors (Lipinski definition) is 1. The fraction of sp³-hybridized carbons (Fsp3) is 0.667. The molecule has 1 rings (SSSR count). The largest absolute Gasteiger partial charge is 0.269 e. The van der Waals surface area contributed by atoms with E-state index in [1.165, 1.54) is 0 Å². The lowest BCUT2D eigenvalue weighted by Gasteiger charge is -2.27. The van der Waals surface area contributed by atoms with Crippen molar-refractivity contribution >= 4 is 0 Å². The van der Waals surface area contributed by atoms with Crippen molar-refractivity contribution in [3.63, 3.8) is 0 Å². The van der Waals surface area contributed by atoms with Crippen molar-refractivity contribution < 1.29 is 0 Å². The fourth-order valence-electron chi connectivity index (χ4n) is 0.907. The molecule has 0 spiro atoms. The van der Waals surface area contributed by atoms with E-state index in [0.29, 0.717) is 6.04 Å². The van der Waals surface area contributed by atoms with E-state index >= 15 is 0 Å². The molecular weight excluding hydrogens is 136 g/mol. The maximum atomic E-state index is 4.20. The summed E-state index contributed by atoms with van der Waals surface area (Å²) in [4.78, 5) is 0. The number of rotatable bonds is 1. The predicted octanol–water partition coefficient (Wildman–Crippen LogP) is 2.49. The second kappa shape index (κ2) is 2.68. The molecule has 0 N–H and O–H groups in total. The van der Waals surface area contributed by atoms with E-state index in [4.69, 9.17) is 0 Å². The van der Waals surface area contributed by atoms with E-state index in [1.54, 1.807) is 0 Å². The number of hydrogen-bond donors (Lipinski definition) is 0. The van der Waals surface area contributed by atoms with Crippen LogP contribution in [-0.4, -0.2) is 9.78 Å². The van der Waals surface area contributed by atoms with Gasteiger partial charge in [0.2, 0.25) is 0 Å². The Morgan fingerprint density at radius 3 is 2.36 bits per heavy atom. The molecule has 0 bridgehead atoms. The highest BCUT2D eigenvalue weighted by Gasteiger charge is 2.21. The summed E-state index contributed by atoms with van der Waals surface area (Å²) in [7, 11) is 0. The number of aromatic nitrogens is 2. The predicted molar refractivity (Wildman–Crippen MR) is 46.4 cm³/mol. The van der Waals surface area contributed by atoms with E-state index in [0.717, 1.165) is 0 Å². The summed E-state index contributed by atoms with van der Waals surface area (Å²) < 4.78 is 2.00. The lowest BCUT2D eigenvalue weighted by Crippen LogP contribution is -2.21. The molecule has 0 aromatic carbocycles. The minimum Gasteiger partial charge on any atom is -0.269 e. The molecule has 0 aliphatic heterocycles. The Balaban J connectivity index is 2.78. The van der Waals surface area contributed by atoms with Crippen molar-refractivity contribution in [3.8, 4) is 0 Å². The van der Waals surface area contributed by atoms with Crippen molar-refractivity contribution in [2.75, 3.05) is 0 Å². The third-order valence-electron chi connectivity index (χ3n) is 2.18. The average molecular weight is 152 g/mol. The van der Waals surface area contributed by atoms with Gasteiger partial charge in [0, 0.05) is 12.4 Å². The summed E-state index contributed by atoms with van der Waals surface area (Å²) in [6.07, 6.45) is 3.83. The molecule has 62 valence electrons. The maximum Gasteiger partial charge on any atom is 0.0539 e. The summed E-state index contributed by atoms with van der Waals surface area (Å²) in [6, 6.07) is 2.42. The molecule has 1 heterocycles. The van der Waals surface area contributed by atoms with Gasteiger partial charge in [-0.25, -0.2) is 0 Å². The molecule has 0 aliphatic rings. The quantitative estimate of drug-likeness (QED) is 0.604. The van der Waals surface area contributed by atoms with Crippen LogP contribution in [0.2, 0.25) is 0 Å².